The number of thioether (sulfide) groups is 2. The summed E-state index contributed by atoms with van der Waals surface area (Å²) in [6.45, 7) is 5.15. The van der Waals surface area contributed by atoms with E-state index in [1.807, 2.05) is 0 Å². The van der Waals surface area contributed by atoms with Crippen LogP contribution in [0.2, 0.25) is 0 Å². The number of hydrogen-bond donors (Lipinski definition) is 5. The fourth-order valence-corrected chi connectivity index (χ4v) is 6.62. The number of aliphatic carboxylic acids is 1. The van der Waals surface area contributed by atoms with Gasteiger partial charge in [0, 0.05) is 17.9 Å². The van der Waals surface area contributed by atoms with Crippen molar-refractivity contribution in [1.29, 1.82) is 0 Å². The van der Waals surface area contributed by atoms with Crippen LogP contribution in [-0.2, 0) is 30.5 Å². The zero-order valence-corrected chi connectivity index (χ0v) is 25.0. The summed E-state index contributed by atoms with van der Waals surface area (Å²) in [5.74, 6) is -2.82. The third-order valence-electron chi connectivity index (χ3n) is 6.14. The summed E-state index contributed by atoms with van der Waals surface area (Å²) in [4.78, 5) is 63.6. The molecule has 0 saturated carbocycles. The Morgan fingerprint density at radius 2 is 1.93 bits per heavy atom. The number of amides is 4. The second-order valence-electron chi connectivity index (χ2n) is 10.5. The molecule has 16 nitrogen and oxygen atoms in total. The number of primary amides is 1. The van der Waals surface area contributed by atoms with E-state index in [1.54, 1.807) is 20.8 Å². The van der Waals surface area contributed by atoms with Gasteiger partial charge in [0.25, 0.3) is 5.91 Å². The van der Waals surface area contributed by atoms with Gasteiger partial charge in [0.1, 0.15) is 34.5 Å². The fourth-order valence-electron chi connectivity index (χ4n) is 4.23. The molecule has 6 N–H and O–H groups in total. The van der Waals surface area contributed by atoms with Crippen molar-refractivity contribution < 1.29 is 38.9 Å². The highest BCUT2D eigenvalue weighted by molar-refractivity contribution is 8.01. The number of carboxylic acid groups (broad SMARTS) is 1. The number of nitrogens with two attached hydrogens (primary N) is 1. The number of aromatic nitrogens is 4. The van der Waals surface area contributed by atoms with Crippen molar-refractivity contribution in [3.8, 4) is 5.75 Å². The molecule has 1 unspecified atom stereocenters. The Bertz CT molecular complexity index is 1460. The lowest BCUT2D eigenvalue weighted by Gasteiger charge is -2.49. The Morgan fingerprint density at radius 3 is 2.56 bits per heavy atom. The van der Waals surface area contributed by atoms with Crippen LogP contribution < -0.4 is 16.4 Å². The Labute approximate surface area is 253 Å². The van der Waals surface area contributed by atoms with E-state index < -0.39 is 52.8 Å². The Morgan fingerprint density at radius 1 is 1.23 bits per heavy atom. The number of hydrogen-bond acceptors (Lipinski definition) is 12. The Kier molecular flexibility index (Phi) is 9.49. The van der Waals surface area contributed by atoms with Crippen LogP contribution in [0.3, 0.4) is 0 Å². The number of tetrazole rings is 1. The number of aryl methyl sites for hydroxylation is 1. The van der Waals surface area contributed by atoms with Gasteiger partial charge in [-0.1, -0.05) is 23.9 Å². The van der Waals surface area contributed by atoms with Crippen molar-refractivity contribution in [3.63, 3.8) is 0 Å². The maximum atomic E-state index is 13.4. The summed E-state index contributed by atoms with van der Waals surface area (Å²) in [7, 11) is 0. The lowest BCUT2D eigenvalue weighted by molar-refractivity contribution is -0.151. The molecular formula is C25H30N8O8S2. The minimum Gasteiger partial charge on any atom is -0.508 e. The van der Waals surface area contributed by atoms with Crippen LogP contribution in [-0.4, -0.2) is 93.6 Å². The number of alkyl carbamates (subject to hydrolysis) is 1. The number of β-lactam (4-membered cyclic amide) rings is 1. The number of phenols is 1. The first-order valence-electron chi connectivity index (χ1n) is 12.9. The topological polar surface area (TPSA) is 232 Å². The van der Waals surface area contributed by atoms with E-state index in [9.17, 15) is 34.2 Å². The smallest absolute Gasteiger partial charge is 0.408 e. The lowest BCUT2D eigenvalue weighted by Crippen LogP contribution is -2.71. The second kappa shape index (κ2) is 12.9. The minimum atomic E-state index is -1.30. The molecule has 3 heterocycles. The Hall–Kier alpha value is -4.32. The van der Waals surface area contributed by atoms with Crippen LogP contribution in [0.1, 0.15) is 38.8 Å². The normalized spacial score (nSPS) is 18.8. The molecule has 1 aromatic heterocycles. The fraction of sp³-hybridized carbons (Fsp3) is 0.440. The highest BCUT2D eigenvalue weighted by Gasteiger charge is 2.54. The van der Waals surface area contributed by atoms with Crippen LogP contribution in [0.15, 0.2) is 40.7 Å². The van der Waals surface area contributed by atoms with Gasteiger partial charge < -0.3 is 31.3 Å². The summed E-state index contributed by atoms with van der Waals surface area (Å²) < 4.78 is 6.66. The van der Waals surface area contributed by atoms with Crippen LogP contribution in [0.4, 0.5) is 4.79 Å². The molecule has 4 rings (SSSR count). The quantitative estimate of drug-likeness (QED) is 0.166. The van der Waals surface area contributed by atoms with Crippen molar-refractivity contribution in [1.82, 2.24) is 35.7 Å². The molecule has 43 heavy (non-hydrogen) atoms. The lowest BCUT2D eigenvalue weighted by atomic mass is 10.0. The van der Waals surface area contributed by atoms with Crippen molar-refractivity contribution >= 4 is 53.3 Å². The van der Waals surface area contributed by atoms with E-state index in [-0.39, 0.29) is 35.9 Å². The molecule has 2 aromatic rings. The zero-order chi connectivity index (χ0) is 31.5. The second-order valence-corrected chi connectivity index (χ2v) is 12.6. The predicted octanol–water partition coefficient (Wildman–Crippen LogP) is 0.351. The molecule has 0 aliphatic carbocycles. The summed E-state index contributed by atoms with van der Waals surface area (Å²) in [5, 5.41) is 35.7. The molecule has 2 aliphatic heterocycles. The third kappa shape index (κ3) is 7.56. The van der Waals surface area contributed by atoms with Gasteiger partial charge in [-0.2, -0.15) is 0 Å². The number of carbonyl (C=O) groups excluding carboxylic acids is 4. The first kappa shape index (κ1) is 31.6. The molecule has 0 radical (unpaired) electrons. The molecule has 18 heteroatoms. The summed E-state index contributed by atoms with van der Waals surface area (Å²) in [6.07, 6.45) is -0.844. The average molecular weight is 635 g/mol. The van der Waals surface area contributed by atoms with Crippen LogP contribution in [0.5, 0.6) is 5.75 Å². The van der Waals surface area contributed by atoms with Gasteiger partial charge in [0.15, 0.2) is 0 Å². The van der Waals surface area contributed by atoms with Crippen molar-refractivity contribution in [2.45, 2.75) is 62.0 Å². The standard InChI is InChI=1S/C25H30N8O8S2/c1-25(2,3)41-24(40)28-16(12-4-6-14(34)7-5-12)19(36)27-17-20(37)33-18(22(38)39)13(10-42-21(17)33)11-43-23-29-30-31-32(23)9-8-15(26)35/h4-7,16-17,21,34H,8-11H2,1-3H3,(H2,26,35)(H,27,36)(H,28,40)(H,38,39)/t16-,17?,21-/m1/s1. The predicted molar refractivity (Wildman–Crippen MR) is 152 cm³/mol. The van der Waals surface area contributed by atoms with Crippen molar-refractivity contribution in [3.05, 3.63) is 41.1 Å². The molecule has 1 saturated heterocycles. The minimum absolute atomic E-state index is 0.0233. The number of benzene rings is 1. The molecule has 0 spiro atoms. The monoisotopic (exact) mass is 634 g/mol. The third-order valence-corrected chi connectivity index (χ3v) is 8.52. The van der Waals surface area contributed by atoms with Gasteiger partial charge in [-0.15, -0.1) is 16.9 Å². The van der Waals surface area contributed by atoms with Gasteiger partial charge >= 0.3 is 12.1 Å². The maximum Gasteiger partial charge on any atom is 0.408 e. The first-order valence-corrected chi connectivity index (χ1v) is 14.9. The summed E-state index contributed by atoms with van der Waals surface area (Å²) in [6, 6.07) is 3.26. The number of ether oxygens (including phenoxy) is 1. The Balaban J connectivity index is 1.47. The van der Waals surface area contributed by atoms with Crippen molar-refractivity contribution in [2.75, 3.05) is 11.5 Å². The zero-order valence-electron chi connectivity index (χ0n) is 23.3. The molecule has 0 bridgehead atoms. The number of nitrogens with one attached hydrogen (secondary N) is 2. The van der Waals surface area contributed by atoms with Crippen LogP contribution in [0.25, 0.3) is 0 Å². The number of nitrogens with zero attached hydrogens (tertiary/aromatic N) is 5. The van der Waals surface area contributed by atoms with E-state index in [0.29, 0.717) is 16.3 Å². The molecule has 3 atom stereocenters. The molecular weight excluding hydrogens is 604 g/mol. The SMILES string of the molecule is CC(C)(C)OC(=O)N[C@@H](C(=O)NC1C(=O)N2C(C(=O)O)=C(CSc3nnnn3CCC(N)=O)CS[C@H]12)c1ccc(O)cc1. The number of carbonyl (C=O) groups is 5. The van der Waals surface area contributed by atoms with E-state index >= 15 is 0 Å². The number of phenolic OH excluding ortho intramolecular Hbond substituents is 1. The average Bonchev–Trinajstić information content (AvgIpc) is 3.38. The summed E-state index contributed by atoms with van der Waals surface area (Å²) in [5.41, 5.74) is 4.93. The van der Waals surface area contributed by atoms with Gasteiger partial charge in [-0.3, -0.25) is 19.3 Å². The number of rotatable bonds is 11. The van der Waals surface area contributed by atoms with E-state index in [0.717, 1.165) is 16.7 Å². The van der Waals surface area contributed by atoms with E-state index in [1.165, 1.54) is 40.7 Å². The van der Waals surface area contributed by atoms with Crippen LogP contribution in [0, 0.1) is 0 Å². The summed E-state index contributed by atoms with van der Waals surface area (Å²) >= 11 is 2.42. The highest BCUT2D eigenvalue weighted by Crippen LogP contribution is 2.41. The van der Waals surface area contributed by atoms with Crippen LogP contribution >= 0.6 is 23.5 Å². The number of fused-ring (bicyclic) bond motifs is 1. The molecule has 1 aromatic carbocycles. The maximum absolute atomic E-state index is 13.4. The van der Waals surface area contributed by atoms with E-state index in [4.69, 9.17) is 10.5 Å². The number of carboxylic acids is 1. The first-order chi connectivity index (χ1) is 20.2. The van der Waals surface area contributed by atoms with Gasteiger partial charge in [0.2, 0.25) is 17.0 Å². The van der Waals surface area contributed by atoms with Gasteiger partial charge in [-0.25, -0.2) is 14.3 Å². The van der Waals surface area contributed by atoms with E-state index in [2.05, 4.69) is 26.2 Å². The van der Waals surface area contributed by atoms with Gasteiger partial charge in [-0.05, 0) is 54.5 Å². The number of aromatic hydroxyl groups is 1. The molecule has 2 aliphatic rings. The highest BCUT2D eigenvalue weighted by atomic mass is 32.2. The van der Waals surface area contributed by atoms with Gasteiger partial charge in [0.05, 0.1) is 6.54 Å². The molecule has 230 valence electrons. The van der Waals surface area contributed by atoms with Crippen molar-refractivity contribution in [2.24, 2.45) is 5.73 Å². The molecule has 1 fully saturated rings. The molecule has 4 amide bonds. The largest absolute Gasteiger partial charge is 0.508 e.